The number of hydrogen-bond acceptors (Lipinski definition) is 3. The Bertz CT molecular complexity index is 983. The summed E-state index contributed by atoms with van der Waals surface area (Å²) in [5, 5.41) is 5.15. The molecule has 7 heteroatoms. The van der Waals surface area contributed by atoms with Gasteiger partial charge in [-0.2, -0.15) is 0 Å². The van der Waals surface area contributed by atoms with Crippen LogP contribution in [0.25, 0.3) is 10.4 Å². The van der Waals surface area contributed by atoms with Gasteiger partial charge < -0.3 is 5.32 Å². The Morgan fingerprint density at radius 3 is 2.56 bits per heavy atom. The number of halogens is 3. The standard InChI is InChI=1S/C20H15ClF2N2OS/c21-13-9-12(16-5-2-8-27-16)10-24-18(13)20(6-7-20)11-25-19(26)17-14(22)3-1-4-15(17)23/h1-5,8-10H,6-7,11H2,(H,25,26). The zero-order chi connectivity index (χ0) is 19.0. The van der Waals surface area contributed by atoms with Gasteiger partial charge in [0, 0.05) is 28.6 Å². The van der Waals surface area contributed by atoms with E-state index in [2.05, 4.69) is 10.3 Å². The lowest BCUT2D eigenvalue weighted by Gasteiger charge is -2.18. The van der Waals surface area contributed by atoms with Crippen LogP contribution in [0.4, 0.5) is 8.78 Å². The van der Waals surface area contributed by atoms with Crippen LogP contribution in [0.5, 0.6) is 0 Å². The molecule has 2 aromatic heterocycles. The lowest BCUT2D eigenvalue weighted by molar-refractivity contribution is 0.0941. The van der Waals surface area contributed by atoms with Crippen LogP contribution in [0.3, 0.4) is 0 Å². The maximum absolute atomic E-state index is 13.8. The second kappa shape index (κ2) is 7.02. The van der Waals surface area contributed by atoms with Crippen LogP contribution in [0.1, 0.15) is 28.9 Å². The molecule has 2 heterocycles. The van der Waals surface area contributed by atoms with Gasteiger partial charge in [0.15, 0.2) is 0 Å². The van der Waals surface area contributed by atoms with Crippen LogP contribution in [-0.2, 0) is 5.41 Å². The van der Waals surface area contributed by atoms with Gasteiger partial charge in [0.25, 0.3) is 5.91 Å². The Labute approximate surface area is 164 Å². The monoisotopic (exact) mass is 404 g/mol. The van der Waals surface area contributed by atoms with Crippen molar-refractivity contribution >= 4 is 28.8 Å². The molecule has 0 aliphatic heterocycles. The van der Waals surface area contributed by atoms with Gasteiger partial charge in [-0.3, -0.25) is 9.78 Å². The molecule has 3 aromatic rings. The van der Waals surface area contributed by atoms with Crippen LogP contribution in [0, 0.1) is 11.6 Å². The van der Waals surface area contributed by atoms with E-state index in [1.54, 1.807) is 17.5 Å². The summed E-state index contributed by atoms with van der Waals surface area (Å²) < 4.78 is 27.5. The highest BCUT2D eigenvalue weighted by molar-refractivity contribution is 7.13. The van der Waals surface area contributed by atoms with Crippen molar-refractivity contribution < 1.29 is 13.6 Å². The highest BCUT2D eigenvalue weighted by Gasteiger charge is 2.47. The van der Waals surface area contributed by atoms with E-state index in [9.17, 15) is 13.6 Å². The number of carbonyl (C=O) groups is 1. The largest absolute Gasteiger partial charge is 0.351 e. The maximum Gasteiger partial charge on any atom is 0.257 e. The second-order valence-electron chi connectivity index (χ2n) is 6.59. The molecule has 3 nitrogen and oxygen atoms in total. The minimum Gasteiger partial charge on any atom is -0.351 e. The smallest absolute Gasteiger partial charge is 0.257 e. The fourth-order valence-electron chi connectivity index (χ4n) is 3.11. The first-order chi connectivity index (χ1) is 13.0. The molecule has 0 saturated heterocycles. The first-order valence-corrected chi connectivity index (χ1v) is 9.68. The third-order valence-electron chi connectivity index (χ3n) is 4.78. The van der Waals surface area contributed by atoms with E-state index in [-0.39, 0.29) is 12.0 Å². The van der Waals surface area contributed by atoms with Crippen molar-refractivity contribution in [3.63, 3.8) is 0 Å². The molecule has 0 radical (unpaired) electrons. The molecule has 0 spiro atoms. The summed E-state index contributed by atoms with van der Waals surface area (Å²) in [4.78, 5) is 17.8. The Kier molecular flexibility index (Phi) is 4.70. The van der Waals surface area contributed by atoms with Gasteiger partial charge in [-0.15, -0.1) is 11.3 Å². The highest BCUT2D eigenvalue weighted by atomic mass is 35.5. The van der Waals surface area contributed by atoms with Gasteiger partial charge in [0.05, 0.1) is 10.7 Å². The van der Waals surface area contributed by atoms with Crippen molar-refractivity contribution in [2.24, 2.45) is 0 Å². The van der Waals surface area contributed by atoms with Crippen molar-refractivity contribution in [1.29, 1.82) is 0 Å². The molecule has 0 unspecified atom stereocenters. The summed E-state index contributed by atoms with van der Waals surface area (Å²) in [6.07, 6.45) is 3.38. The van der Waals surface area contributed by atoms with Gasteiger partial charge in [0.1, 0.15) is 17.2 Å². The number of hydrogen-bond donors (Lipinski definition) is 1. The molecule has 1 aliphatic rings. The third kappa shape index (κ3) is 3.47. The molecule has 4 rings (SSSR count). The van der Waals surface area contributed by atoms with Gasteiger partial charge in [0.2, 0.25) is 0 Å². The second-order valence-corrected chi connectivity index (χ2v) is 7.95. The molecule has 1 aromatic carbocycles. The average Bonchev–Trinajstić information content (AvgIpc) is 3.22. The van der Waals surface area contributed by atoms with Crippen molar-refractivity contribution in [3.8, 4) is 10.4 Å². The number of rotatable bonds is 5. The first kappa shape index (κ1) is 18.1. The number of benzene rings is 1. The minimum atomic E-state index is -0.881. The van der Waals surface area contributed by atoms with E-state index in [0.29, 0.717) is 10.7 Å². The lowest BCUT2D eigenvalue weighted by atomic mass is 10.0. The van der Waals surface area contributed by atoms with Crippen molar-refractivity contribution in [2.45, 2.75) is 18.3 Å². The SMILES string of the molecule is O=C(NCC1(c2ncc(-c3cccs3)cc2Cl)CC1)c1c(F)cccc1F. The summed E-state index contributed by atoms with van der Waals surface area (Å²) >= 11 is 8.06. The molecule has 1 saturated carbocycles. The van der Waals surface area contributed by atoms with E-state index >= 15 is 0 Å². The van der Waals surface area contributed by atoms with Crippen molar-refractivity contribution in [1.82, 2.24) is 10.3 Å². The Hall–Kier alpha value is -2.31. The molecule has 1 amide bonds. The first-order valence-electron chi connectivity index (χ1n) is 8.42. The van der Waals surface area contributed by atoms with Crippen LogP contribution < -0.4 is 5.32 Å². The van der Waals surface area contributed by atoms with Crippen molar-refractivity contribution in [2.75, 3.05) is 6.54 Å². The van der Waals surface area contributed by atoms with E-state index < -0.39 is 23.1 Å². The summed E-state index contributed by atoms with van der Waals surface area (Å²) in [5.74, 6) is -2.54. The predicted molar refractivity (Wildman–Crippen MR) is 102 cm³/mol. The number of thiophene rings is 1. The van der Waals surface area contributed by atoms with Gasteiger partial charge in [-0.25, -0.2) is 8.78 Å². The third-order valence-corrected chi connectivity index (χ3v) is 5.99. The minimum absolute atomic E-state index is 0.227. The number of amides is 1. The van der Waals surface area contributed by atoms with Gasteiger partial charge >= 0.3 is 0 Å². The summed E-state index contributed by atoms with van der Waals surface area (Å²) in [6.45, 7) is 0.227. The predicted octanol–water partition coefficient (Wildman–Crippen LogP) is 5.20. The average molecular weight is 405 g/mol. The maximum atomic E-state index is 13.8. The van der Waals surface area contributed by atoms with Crippen LogP contribution >= 0.6 is 22.9 Å². The molecule has 0 atom stereocenters. The fourth-order valence-corrected chi connectivity index (χ4v) is 4.18. The molecule has 1 fully saturated rings. The van der Waals surface area contributed by atoms with E-state index in [4.69, 9.17) is 11.6 Å². The summed E-state index contributed by atoms with van der Waals surface area (Å²) in [5.41, 5.74) is 0.689. The number of carbonyl (C=O) groups excluding carboxylic acids is 1. The molecule has 138 valence electrons. The molecule has 27 heavy (non-hydrogen) atoms. The number of aromatic nitrogens is 1. The zero-order valence-electron chi connectivity index (χ0n) is 14.1. The van der Waals surface area contributed by atoms with E-state index in [1.807, 2.05) is 23.6 Å². The fraction of sp³-hybridized carbons (Fsp3) is 0.200. The molecule has 1 N–H and O–H groups in total. The zero-order valence-corrected chi connectivity index (χ0v) is 15.7. The van der Waals surface area contributed by atoms with Crippen LogP contribution in [0.15, 0.2) is 48.0 Å². The summed E-state index contributed by atoms with van der Waals surface area (Å²) in [7, 11) is 0. The number of nitrogens with one attached hydrogen (secondary N) is 1. The number of nitrogens with zero attached hydrogens (tertiary/aromatic N) is 1. The molecular formula is C20H15ClF2N2OS. The Morgan fingerprint density at radius 2 is 1.96 bits per heavy atom. The van der Waals surface area contributed by atoms with Crippen molar-refractivity contribution in [3.05, 3.63) is 75.9 Å². The molecule has 1 aliphatic carbocycles. The van der Waals surface area contributed by atoms with E-state index in [0.717, 1.165) is 35.4 Å². The summed E-state index contributed by atoms with van der Waals surface area (Å²) in [6, 6.07) is 9.17. The topological polar surface area (TPSA) is 42.0 Å². The Balaban J connectivity index is 1.52. The van der Waals surface area contributed by atoms with E-state index in [1.165, 1.54) is 6.07 Å². The highest BCUT2D eigenvalue weighted by Crippen LogP contribution is 2.49. The quantitative estimate of drug-likeness (QED) is 0.634. The van der Waals surface area contributed by atoms with Gasteiger partial charge in [-0.05, 0) is 42.5 Å². The molecule has 0 bridgehead atoms. The normalized spacial score (nSPS) is 14.8. The lowest BCUT2D eigenvalue weighted by Crippen LogP contribution is -2.34. The molecular weight excluding hydrogens is 390 g/mol. The van der Waals surface area contributed by atoms with Gasteiger partial charge in [-0.1, -0.05) is 23.7 Å². The number of pyridine rings is 1. The Morgan fingerprint density at radius 1 is 1.22 bits per heavy atom. The van der Waals surface area contributed by atoms with Crippen LogP contribution in [0.2, 0.25) is 5.02 Å². The van der Waals surface area contributed by atoms with Crippen LogP contribution in [-0.4, -0.2) is 17.4 Å².